The standard InChI is InChI=1S/C18H34O2/c1-13-6-7-15(12-14(13)2)16(19)18(20-5)10-8-17(3,4)9-11-18/h13-16,19H,6-12H2,1-5H3. The van der Waals surface area contributed by atoms with Crippen molar-refractivity contribution in [2.45, 2.75) is 84.3 Å². The van der Waals surface area contributed by atoms with Crippen molar-refractivity contribution in [2.75, 3.05) is 7.11 Å². The van der Waals surface area contributed by atoms with E-state index in [-0.39, 0.29) is 11.7 Å². The van der Waals surface area contributed by atoms with Gasteiger partial charge in [0.15, 0.2) is 0 Å². The summed E-state index contributed by atoms with van der Waals surface area (Å²) < 4.78 is 5.90. The van der Waals surface area contributed by atoms with E-state index in [0.29, 0.717) is 11.3 Å². The van der Waals surface area contributed by atoms with Crippen LogP contribution in [0.4, 0.5) is 0 Å². The fourth-order valence-corrected chi connectivity index (χ4v) is 4.28. The second-order valence-corrected chi connectivity index (χ2v) is 8.41. The Balaban J connectivity index is 2.04. The Morgan fingerprint density at radius 2 is 1.60 bits per heavy atom. The largest absolute Gasteiger partial charge is 0.390 e. The summed E-state index contributed by atoms with van der Waals surface area (Å²) >= 11 is 0. The molecular weight excluding hydrogens is 248 g/mol. The van der Waals surface area contributed by atoms with E-state index in [0.717, 1.165) is 43.9 Å². The lowest BCUT2D eigenvalue weighted by Crippen LogP contribution is -2.52. The highest BCUT2D eigenvalue weighted by Crippen LogP contribution is 2.47. The Kier molecular flexibility index (Phi) is 4.86. The van der Waals surface area contributed by atoms with Crippen LogP contribution in [0.15, 0.2) is 0 Å². The molecule has 2 aliphatic rings. The molecule has 118 valence electrons. The van der Waals surface area contributed by atoms with Crippen LogP contribution >= 0.6 is 0 Å². The van der Waals surface area contributed by atoms with E-state index in [1.165, 1.54) is 12.8 Å². The van der Waals surface area contributed by atoms with Gasteiger partial charge in [0.2, 0.25) is 0 Å². The van der Waals surface area contributed by atoms with E-state index in [1.807, 2.05) is 0 Å². The van der Waals surface area contributed by atoms with Crippen LogP contribution < -0.4 is 0 Å². The van der Waals surface area contributed by atoms with Crippen molar-refractivity contribution >= 4 is 0 Å². The van der Waals surface area contributed by atoms with Gasteiger partial charge < -0.3 is 9.84 Å². The Hall–Kier alpha value is -0.0800. The summed E-state index contributed by atoms with van der Waals surface area (Å²) in [5.41, 5.74) is 0.136. The molecule has 2 saturated carbocycles. The highest BCUT2D eigenvalue weighted by atomic mass is 16.5. The molecule has 0 heterocycles. The molecule has 2 heteroatoms. The minimum Gasteiger partial charge on any atom is -0.390 e. The van der Waals surface area contributed by atoms with Gasteiger partial charge in [-0.05, 0) is 61.7 Å². The highest BCUT2D eigenvalue weighted by Gasteiger charge is 2.47. The first-order valence-corrected chi connectivity index (χ1v) is 8.53. The van der Waals surface area contributed by atoms with Gasteiger partial charge in [0.25, 0.3) is 0 Å². The molecule has 4 unspecified atom stereocenters. The van der Waals surface area contributed by atoms with Gasteiger partial charge in [-0.2, -0.15) is 0 Å². The lowest BCUT2D eigenvalue weighted by Gasteiger charge is -2.48. The molecule has 0 radical (unpaired) electrons. The second-order valence-electron chi connectivity index (χ2n) is 8.41. The zero-order valence-corrected chi connectivity index (χ0v) is 14.1. The van der Waals surface area contributed by atoms with Gasteiger partial charge >= 0.3 is 0 Å². The van der Waals surface area contributed by atoms with Gasteiger partial charge in [-0.25, -0.2) is 0 Å². The fraction of sp³-hybridized carbons (Fsp3) is 1.00. The van der Waals surface area contributed by atoms with Crippen LogP contribution in [0.1, 0.15) is 72.6 Å². The predicted molar refractivity (Wildman–Crippen MR) is 83.7 cm³/mol. The summed E-state index contributed by atoms with van der Waals surface area (Å²) in [6.45, 7) is 9.36. The summed E-state index contributed by atoms with van der Waals surface area (Å²) in [5.74, 6) is 1.97. The monoisotopic (exact) mass is 282 g/mol. The Labute approximate surface area is 125 Å². The first kappa shape index (κ1) is 16.3. The van der Waals surface area contributed by atoms with Gasteiger partial charge in [-0.1, -0.05) is 34.1 Å². The molecule has 2 aliphatic carbocycles. The zero-order chi connectivity index (χ0) is 15.0. The third-order valence-corrected chi connectivity index (χ3v) is 6.48. The third-order valence-electron chi connectivity index (χ3n) is 6.48. The summed E-state index contributed by atoms with van der Waals surface area (Å²) in [6.07, 6.45) is 7.66. The van der Waals surface area contributed by atoms with Crippen LogP contribution in [0.2, 0.25) is 0 Å². The van der Waals surface area contributed by atoms with Crippen LogP contribution in [0.5, 0.6) is 0 Å². The van der Waals surface area contributed by atoms with Gasteiger partial charge in [0.05, 0.1) is 11.7 Å². The summed E-state index contributed by atoms with van der Waals surface area (Å²) in [5, 5.41) is 11.0. The van der Waals surface area contributed by atoms with E-state index >= 15 is 0 Å². The van der Waals surface area contributed by atoms with Crippen molar-refractivity contribution in [2.24, 2.45) is 23.2 Å². The first-order chi connectivity index (χ1) is 9.30. The number of aliphatic hydroxyl groups excluding tert-OH is 1. The van der Waals surface area contributed by atoms with Crippen molar-refractivity contribution in [3.8, 4) is 0 Å². The molecule has 0 spiro atoms. The summed E-state index contributed by atoms with van der Waals surface area (Å²) in [7, 11) is 1.80. The molecule has 2 rings (SSSR count). The van der Waals surface area contributed by atoms with Gasteiger partial charge in [-0.3, -0.25) is 0 Å². The zero-order valence-electron chi connectivity index (χ0n) is 14.1. The van der Waals surface area contributed by atoms with Crippen LogP contribution in [0.3, 0.4) is 0 Å². The van der Waals surface area contributed by atoms with E-state index in [1.54, 1.807) is 7.11 Å². The molecule has 2 fully saturated rings. The Morgan fingerprint density at radius 3 is 2.10 bits per heavy atom. The maximum absolute atomic E-state index is 11.0. The number of hydrogen-bond acceptors (Lipinski definition) is 2. The smallest absolute Gasteiger partial charge is 0.0939 e. The van der Waals surface area contributed by atoms with E-state index in [2.05, 4.69) is 27.7 Å². The second kappa shape index (κ2) is 5.96. The molecule has 0 saturated heterocycles. The molecule has 2 nitrogen and oxygen atoms in total. The van der Waals surface area contributed by atoms with Crippen molar-refractivity contribution < 1.29 is 9.84 Å². The molecule has 4 atom stereocenters. The van der Waals surface area contributed by atoms with Gasteiger partial charge in [0, 0.05) is 7.11 Å². The molecule has 20 heavy (non-hydrogen) atoms. The van der Waals surface area contributed by atoms with E-state index in [9.17, 15) is 5.11 Å². The molecule has 0 aromatic carbocycles. The first-order valence-electron chi connectivity index (χ1n) is 8.53. The molecule has 0 aromatic heterocycles. The quantitative estimate of drug-likeness (QED) is 0.831. The Bertz CT molecular complexity index is 313. The molecule has 0 bridgehead atoms. The topological polar surface area (TPSA) is 29.5 Å². The molecular formula is C18H34O2. The summed E-state index contributed by atoms with van der Waals surface area (Å²) in [6, 6.07) is 0. The number of hydrogen-bond donors (Lipinski definition) is 1. The van der Waals surface area contributed by atoms with E-state index < -0.39 is 0 Å². The minimum absolute atomic E-state index is 0.277. The number of ether oxygens (including phenoxy) is 1. The number of aliphatic hydroxyl groups is 1. The maximum Gasteiger partial charge on any atom is 0.0939 e. The average molecular weight is 282 g/mol. The number of methoxy groups -OCH3 is 1. The van der Waals surface area contributed by atoms with Gasteiger partial charge in [0.1, 0.15) is 0 Å². The molecule has 1 N–H and O–H groups in total. The van der Waals surface area contributed by atoms with Crippen molar-refractivity contribution in [3.05, 3.63) is 0 Å². The highest BCUT2D eigenvalue weighted by molar-refractivity contribution is 4.98. The lowest BCUT2D eigenvalue weighted by atomic mass is 9.64. The molecule has 0 amide bonds. The SMILES string of the molecule is COC1(C(O)C2CCC(C)C(C)C2)CCC(C)(C)CC1. The maximum atomic E-state index is 11.0. The number of rotatable bonds is 3. The van der Waals surface area contributed by atoms with Crippen molar-refractivity contribution in [3.63, 3.8) is 0 Å². The van der Waals surface area contributed by atoms with Crippen LogP contribution in [-0.4, -0.2) is 23.9 Å². The van der Waals surface area contributed by atoms with Crippen LogP contribution in [0, 0.1) is 23.2 Å². The van der Waals surface area contributed by atoms with Crippen LogP contribution in [-0.2, 0) is 4.74 Å². The Morgan fingerprint density at radius 1 is 1.00 bits per heavy atom. The van der Waals surface area contributed by atoms with Crippen LogP contribution in [0.25, 0.3) is 0 Å². The van der Waals surface area contributed by atoms with E-state index in [4.69, 9.17) is 4.74 Å². The normalized spacial score (nSPS) is 38.4. The predicted octanol–water partition coefficient (Wildman–Crippen LogP) is 4.41. The van der Waals surface area contributed by atoms with Gasteiger partial charge in [-0.15, -0.1) is 0 Å². The minimum atomic E-state index is -0.279. The molecule has 0 aliphatic heterocycles. The lowest BCUT2D eigenvalue weighted by molar-refractivity contribution is -0.160. The molecule has 0 aromatic rings. The fourth-order valence-electron chi connectivity index (χ4n) is 4.28. The van der Waals surface area contributed by atoms with Crippen molar-refractivity contribution in [1.82, 2.24) is 0 Å². The third kappa shape index (κ3) is 3.22. The van der Waals surface area contributed by atoms with Crippen molar-refractivity contribution in [1.29, 1.82) is 0 Å². The average Bonchev–Trinajstić information content (AvgIpc) is 2.42. The summed E-state index contributed by atoms with van der Waals surface area (Å²) in [4.78, 5) is 0.